The van der Waals surface area contributed by atoms with E-state index in [0.717, 1.165) is 11.3 Å². The van der Waals surface area contributed by atoms with E-state index in [-0.39, 0.29) is 0 Å². The Balaban J connectivity index is 1.84. The van der Waals surface area contributed by atoms with Crippen LogP contribution in [0.1, 0.15) is 23.2 Å². The van der Waals surface area contributed by atoms with Gasteiger partial charge in [0.25, 0.3) is 0 Å². The van der Waals surface area contributed by atoms with Crippen LogP contribution in [-0.2, 0) is 6.42 Å². The highest BCUT2D eigenvalue weighted by atomic mass is 16.4. The van der Waals surface area contributed by atoms with E-state index >= 15 is 0 Å². The van der Waals surface area contributed by atoms with Crippen molar-refractivity contribution in [1.82, 2.24) is 0 Å². The average Bonchev–Trinajstić information content (AvgIpc) is 2.85. The van der Waals surface area contributed by atoms with Crippen molar-refractivity contribution in [3.8, 4) is 0 Å². The topological polar surface area (TPSA) is 33.4 Å². The SMILES string of the molecule is Cc1ccc(C(O)Cc2ccc3ccccc3c2)o1. The van der Waals surface area contributed by atoms with Gasteiger partial charge in [-0.3, -0.25) is 0 Å². The minimum atomic E-state index is -0.588. The number of furan rings is 1. The van der Waals surface area contributed by atoms with Crippen molar-refractivity contribution in [1.29, 1.82) is 0 Å². The Labute approximate surface area is 112 Å². The molecule has 2 heteroatoms. The lowest BCUT2D eigenvalue weighted by molar-refractivity contribution is 0.149. The highest BCUT2D eigenvalue weighted by Crippen LogP contribution is 2.23. The molecule has 0 aliphatic heterocycles. The van der Waals surface area contributed by atoms with Crippen molar-refractivity contribution >= 4 is 10.8 Å². The van der Waals surface area contributed by atoms with Crippen molar-refractivity contribution in [2.45, 2.75) is 19.4 Å². The van der Waals surface area contributed by atoms with Crippen LogP contribution in [0.5, 0.6) is 0 Å². The van der Waals surface area contributed by atoms with E-state index < -0.39 is 6.10 Å². The van der Waals surface area contributed by atoms with Crippen molar-refractivity contribution in [3.05, 3.63) is 71.7 Å². The summed E-state index contributed by atoms with van der Waals surface area (Å²) in [5.74, 6) is 1.46. The van der Waals surface area contributed by atoms with Crippen molar-refractivity contribution in [2.24, 2.45) is 0 Å². The third-order valence-corrected chi connectivity index (χ3v) is 3.33. The molecule has 2 aromatic carbocycles. The lowest BCUT2D eigenvalue weighted by atomic mass is 10.0. The third-order valence-electron chi connectivity index (χ3n) is 3.33. The van der Waals surface area contributed by atoms with Gasteiger partial charge < -0.3 is 9.52 Å². The quantitative estimate of drug-likeness (QED) is 0.763. The first kappa shape index (κ1) is 12.0. The number of rotatable bonds is 3. The van der Waals surface area contributed by atoms with E-state index in [0.29, 0.717) is 12.2 Å². The molecule has 19 heavy (non-hydrogen) atoms. The molecule has 0 fully saturated rings. The summed E-state index contributed by atoms with van der Waals surface area (Å²) in [6, 6.07) is 18.2. The van der Waals surface area contributed by atoms with Gasteiger partial charge in [0.05, 0.1) is 0 Å². The number of aryl methyl sites for hydroxylation is 1. The third kappa shape index (κ3) is 2.54. The maximum Gasteiger partial charge on any atom is 0.132 e. The number of benzene rings is 2. The molecular formula is C17H16O2. The second kappa shape index (κ2) is 4.90. The fourth-order valence-electron chi connectivity index (χ4n) is 2.32. The predicted molar refractivity (Wildman–Crippen MR) is 76.1 cm³/mol. The molecule has 96 valence electrons. The lowest BCUT2D eigenvalue weighted by Crippen LogP contribution is -2.00. The zero-order chi connectivity index (χ0) is 13.2. The standard InChI is InChI=1S/C17H16O2/c1-12-6-9-17(19-12)16(18)11-13-7-8-14-4-2-3-5-15(14)10-13/h2-10,16,18H,11H2,1H3. The first-order valence-corrected chi connectivity index (χ1v) is 6.44. The fraction of sp³-hybridized carbons (Fsp3) is 0.176. The van der Waals surface area contributed by atoms with E-state index in [1.54, 1.807) is 0 Å². The lowest BCUT2D eigenvalue weighted by Gasteiger charge is -2.09. The molecule has 0 aliphatic carbocycles. The zero-order valence-electron chi connectivity index (χ0n) is 10.8. The summed E-state index contributed by atoms with van der Waals surface area (Å²) in [5.41, 5.74) is 1.11. The minimum Gasteiger partial charge on any atom is -0.464 e. The maximum absolute atomic E-state index is 10.2. The maximum atomic E-state index is 10.2. The van der Waals surface area contributed by atoms with Crippen molar-refractivity contribution in [3.63, 3.8) is 0 Å². The first-order valence-electron chi connectivity index (χ1n) is 6.44. The summed E-state index contributed by atoms with van der Waals surface area (Å²) < 4.78 is 5.45. The van der Waals surface area contributed by atoms with Crippen LogP contribution in [0.15, 0.2) is 59.0 Å². The molecule has 0 bridgehead atoms. The Morgan fingerprint density at radius 2 is 1.79 bits per heavy atom. The van der Waals surface area contributed by atoms with Crippen LogP contribution in [0.3, 0.4) is 0 Å². The zero-order valence-corrected chi connectivity index (χ0v) is 10.8. The molecule has 0 radical (unpaired) electrons. The Morgan fingerprint density at radius 1 is 1.00 bits per heavy atom. The molecule has 0 saturated heterocycles. The van der Waals surface area contributed by atoms with Crippen LogP contribution in [0, 0.1) is 6.92 Å². The van der Waals surface area contributed by atoms with Gasteiger partial charge in [0.1, 0.15) is 17.6 Å². The van der Waals surface area contributed by atoms with Crippen molar-refractivity contribution in [2.75, 3.05) is 0 Å². The fourth-order valence-corrected chi connectivity index (χ4v) is 2.32. The van der Waals surface area contributed by atoms with Crippen LogP contribution in [0.2, 0.25) is 0 Å². The molecule has 0 amide bonds. The van der Waals surface area contributed by atoms with Gasteiger partial charge in [-0.15, -0.1) is 0 Å². The molecule has 3 rings (SSSR count). The van der Waals surface area contributed by atoms with E-state index in [9.17, 15) is 5.11 Å². The summed E-state index contributed by atoms with van der Waals surface area (Å²) in [5, 5.41) is 12.6. The van der Waals surface area contributed by atoms with E-state index in [4.69, 9.17) is 4.42 Å². The van der Waals surface area contributed by atoms with Crippen LogP contribution in [-0.4, -0.2) is 5.11 Å². The van der Waals surface area contributed by atoms with Gasteiger partial charge in [0.15, 0.2) is 0 Å². The Kier molecular flexibility index (Phi) is 3.10. The predicted octanol–water partition coefficient (Wildman–Crippen LogP) is 4.02. The molecule has 1 atom stereocenters. The highest BCUT2D eigenvalue weighted by molar-refractivity contribution is 5.82. The highest BCUT2D eigenvalue weighted by Gasteiger charge is 2.12. The van der Waals surface area contributed by atoms with Gasteiger partial charge in [-0.2, -0.15) is 0 Å². The monoisotopic (exact) mass is 252 g/mol. The van der Waals surface area contributed by atoms with E-state index in [2.05, 4.69) is 30.3 Å². The van der Waals surface area contributed by atoms with Gasteiger partial charge in [-0.25, -0.2) is 0 Å². The smallest absolute Gasteiger partial charge is 0.132 e. The largest absolute Gasteiger partial charge is 0.464 e. The summed E-state index contributed by atoms with van der Waals surface area (Å²) in [6.07, 6.45) is -0.0208. The first-order chi connectivity index (χ1) is 9.22. The van der Waals surface area contributed by atoms with Gasteiger partial charge >= 0.3 is 0 Å². The van der Waals surface area contributed by atoms with Crippen LogP contribution in [0.4, 0.5) is 0 Å². The van der Waals surface area contributed by atoms with Crippen molar-refractivity contribution < 1.29 is 9.52 Å². The summed E-state index contributed by atoms with van der Waals surface area (Å²) in [4.78, 5) is 0. The number of aliphatic hydroxyl groups is 1. The normalized spacial score (nSPS) is 12.7. The Bertz CT molecular complexity index is 697. The summed E-state index contributed by atoms with van der Waals surface area (Å²) >= 11 is 0. The number of fused-ring (bicyclic) bond motifs is 1. The van der Waals surface area contributed by atoms with E-state index in [1.807, 2.05) is 31.2 Å². The number of hydrogen-bond donors (Lipinski definition) is 1. The summed E-state index contributed by atoms with van der Waals surface area (Å²) in [6.45, 7) is 1.88. The second-order valence-corrected chi connectivity index (χ2v) is 4.85. The molecular weight excluding hydrogens is 236 g/mol. The van der Waals surface area contributed by atoms with Gasteiger partial charge in [0.2, 0.25) is 0 Å². The Hall–Kier alpha value is -2.06. The van der Waals surface area contributed by atoms with Gasteiger partial charge in [0, 0.05) is 6.42 Å². The molecule has 1 unspecified atom stereocenters. The van der Waals surface area contributed by atoms with Crippen LogP contribution >= 0.6 is 0 Å². The average molecular weight is 252 g/mol. The Morgan fingerprint density at radius 3 is 2.53 bits per heavy atom. The molecule has 1 N–H and O–H groups in total. The molecule has 1 aromatic heterocycles. The molecule has 1 heterocycles. The second-order valence-electron chi connectivity index (χ2n) is 4.85. The summed E-state index contributed by atoms with van der Waals surface area (Å²) in [7, 11) is 0. The van der Waals surface area contributed by atoms with Crippen LogP contribution < -0.4 is 0 Å². The van der Waals surface area contributed by atoms with Gasteiger partial charge in [-0.1, -0.05) is 42.5 Å². The van der Waals surface area contributed by atoms with Crippen LogP contribution in [0.25, 0.3) is 10.8 Å². The minimum absolute atomic E-state index is 0.567. The molecule has 3 aromatic rings. The number of aliphatic hydroxyl groups excluding tert-OH is 1. The molecule has 0 aliphatic rings. The molecule has 2 nitrogen and oxygen atoms in total. The van der Waals surface area contributed by atoms with E-state index in [1.165, 1.54) is 10.8 Å². The van der Waals surface area contributed by atoms with Gasteiger partial charge in [-0.05, 0) is 35.4 Å². The number of hydrogen-bond acceptors (Lipinski definition) is 2. The molecule has 0 spiro atoms. The molecule has 0 saturated carbocycles.